The number of nitrogen functional groups attached to an aromatic ring is 1. The summed E-state index contributed by atoms with van der Waals surface area (Å²) in [5.74, 6) is -0.961. The van der Waals surface area contributed by atoms with E-state index >= 15 is 0 Å². The van der Waals surface area contributed by atoms with Crippen LogP contribution in [0.2, 0.25) is 0 Å². The minimum atomic E-state index is -1.01. The molecule has 0 heterocycles. The number of nitrogens with zero attached hydrogens (tertiary/aromatic N) is 2. The van der Waals surface area contributed by atoms with Gasteiger partial charge in [0.05, 0.1) is 5.69 Å². The van der Waals surface area contributed by atoms with Crippen LogP contribution in [0.4, 0.5) is 14.9 Å². The number of halogens is 1. The Labute approximate surface area is 116 Å². The van der Waals surface area contributed by atoms with E-state index in [0.717, 1.165) is 11.0 Å². The maximum atomic E-state index is 13.3. The van der Waals surface area contributed by atoms with Gasteiger partial charge >= 0.3 is 6.09 Å². The van der Waals surface area contributed by atoms with Gasteiger partial charge in [-0.05, 0) is 24.6 Å². The van der Waals surface area contributed by atoms with E-state index in [9.17, 15) is 14.0 Å². The van der Waals surface area contributed by atoms with E-state index in [-0.39, 0.29) is 17.2 Å². The molecule has 3 N–H and O–H groups in total. The van der Waals surface area contributed by atoms with Crippen LogP contribution in [0.15, 0.2) is 18.2 Å². The van der Waals surface area contributed by atoms with Gasteiger partial charge in [0, 0.05) is 32.7 Å². The van der Waals surface area contributed by atoms with Crippen LogP contribution in [0.1, 0.15) is 16.8 Å². The van der Waals surface area contributed by atoms with Crippen molar-refractivity contribution in [3.05, 3.63) is 29.6 Å². The molecule has 0 aliphatic rings. The van der Waals surface area contributed by atoms with Crippen LogP contribution >= 0.6 is 0 Å². The van der Waals surface area contributed by atoms with Crippen molar-refractivity contribution in [1.29, 1.82) is 0 Å². The monoisotopic (exact) mass is 283 g/mol. The molecule has 1 rings (SSSR count). The molecule has 0 radical (unpaired) electrons. The Morgan fingerprint density at radius 1 is 1.25 bits per heavy atom. The van der Waals surface area contributed by atoms with Gasteiger partial charge in [-0.25, -0.2) is 9.18 Å². The Kier molecular flexibility index (Phi) is 5.31. The van der Waals surface area contributed by atoms with Crippen molar-refractivity contribution in [3.63, 3.8) is 0 Å². The molecule has 0 atom stereocenters. The molecule has 1 aromatic rings. The summed E-state index contributed by atoms with van der Waals surface area (Å²) in [6.45, 7) is 0.700. The number of rotatable bonds is 5. The molecule has 0 unspecified atom stereocenters. The fourth-order valence-corrected chi connectivity index (χ4v) is 1.62. The molecule has 20 heavy (non-hydrogen) atoms. The van der Waals surface area contributed by atoms with E-state index in [1.807, 2.05) is 0 Å². The van der Waals surface area contributed by atoms with Crippen LogP contribution in [-0.4, -0.2) is 54.1 Å². The average molecular weight is 283 g/mol. The molecule has 2 amide bonds. The highest BCUT2D eigenvalue weighted by atomic mass is 19.1. The molecule has 0 aliphatic carbocycles. The Hall–Kier alpha value is -2.31. The van der Waals surface area contributed by atoms with Gasteiger partial charge in [0.15, 0.2) is 0 Å². The van der Waals surface area contributed by atoms with Gasteiger partial charge in [0.25, 0.3) is 5.91 Å². The van der Waals surface area contributed by atoms with Crippen molar-refractivity contribution in [2.24, 2.45) is 0 Å². The van der Waals surface area contributed by atoms with E-state index in [0.29, 0.717) is 19.5 Å². The third-order valence-corrected chi connectivity index (χ3v) is 2.91. The third-order valence-electron chi connectivity index (χ3n) is 2.91. The third kappa shape index (κ3) is 4.11. The highest BCUT2D eigenvalue weighted by Crippen LogP contribution is 2.13. The van der Waals surface area contributed by atoms with Crippen LogP contribution in [0.3, 0.4) is 0 Å². The van der Waals surface area contributed by atoms with Gasteiger partial charge in [-0.2, -0.15) is 0 Å². The lowest BCUT2D eigenvalue weighted by molar-refractivity contribution is 0.0789. The van der Waals surface area contributed by atoms with Crippen LogP contribution in [0.5, 0.6) is 0 Å². The quantitative estimate of drug-likeness (QED) is 0.801. The summed E-state index contributed by atoms with van der Waals surface area (Å²) in [6, 6.07) is 3.90. The molecule has 0 saturated carbocycles. The number of nitrogens with two attached hydrogens (primary N) is 1. The summed E-state index contributed by atoms with van der Waals surface area (Å²) in [7, 11) is 3.04. The highest BCUT2D eigenvalue weighted by Gasteiger charge is 2.14. The zero-order valence-electron chi connectivity index (χ0n) is 11.5. The molecule has 0 spiro atoms. The van der Waals surface area contributed by atoms with Gasteiger partial charge in [0.2, 0.25) is 0 Å². The Balaban J connectivity index is 2.54. The Bertz CT molecular complexity index is 508. The summed E-state index contributed by atoms with van der Waals surface area (Å²) in [5, 5.41) is 8.68. The number of benzene rings is 1. The van der Waals surface area contributed by atoms with Gasteiger partial charge < -0.3 is 20.6 Å². The first-order valence-electron chi connectivity index (χ1n) is 6.07. The highest BCUT2D eigenvalue weighted by molar-refractivity contribution is 5.94. The first kappa shape index (κ1) is 15.7. The molecule has 7 heteroatoms. The minimum absolute atomic E-state index is 0.00714. The SMILES string of the molecule is CN(CCCN(C)C(=O)c1ccc(N)c(F)c1)C(=O)O. The van der Waals surface area contributed by atoms with Gasteiger partial charge in [-0.1, -0.05) is 0 Å². The van der Waals surface area contributed by atoms with E-state index in [4.69, 9.17) is 10.8 Å². The fraction of sp³-hybridized carbons (Fsp3) is 0.385. The molecule has 0 fully saturated rings. The van der Waals surface area contributed by atoms with Crippen LogP contribution in [-0.2, 0) is 0 Å². The average Bonchev–Trinajstić information content (AvgIpc) is 2.40. The van der Waals surface area contributed by atoms with Crippen LogP contribution in [0, 0.1) is 5.82 Å². The lowest BCUT2D eigenvalue weighted by atomic mass is 10.1. The first-order chi connectivity index (χ1) is 9.32. The molecular weight excluding hydrogens is 265 g/mol. The number of hydrogen-bond donors (Lipinski definition) is 2. The first-order valence-corrected chi connectivity index (χ1v) is 6.07. The van der Waals surface area contributed by atoms with Crippen molar-refractivity contribution in [1.82, 2.24) is 9.80 Å². The second-order valence-electron chi connectivity index (χ2n) is 4.52. The summed E-state index contributed by atoms with van der Waals surface area (Å²) in [6.07, 6.45) is -0.512. The summed E-state index contributed by atoms with van der Waals surface area (Å²) >= 11 is 0. The number of anilines is 1. The lowest BCUT2D eigenvalue weighted by Gasteiger charge is -2.19. The van der Waals surface area contributed by atoms with E-state index in [1.165, 1.54) is 24.1 Å². The molecule has 6 nitrogen and oxygen atoms in total. The van der Waals surface area contributed by atoms with Crippen molar-refractivity contribution in [2.45, 2.75) is 6.42 Å². The topological polar surface area (TPSA) is 86.9 Å². The number of amides is 2. The second-order valence-corrected chi connectivity index (χ2v) is 4.52. The minimum Gasteiger partial charge on any atom is -0.465 e. The molecule has 110 valence electrons. The van der Waals surface area contributed by atoms with Crippen molar-refractivity contribution < 1.29 is 19.1 Å². The zero-order valence-corrected chi connectivity index (χ0v) is 11.5. The Morgan fingerprint density at radius 2 is 1.85 bits per heavy atom. The summed E-state index contributed by atoms with van der Waals surface area (Å²) in [4.78, 5) is 25.2. The number of carbonyl (C=O) groups excluding carboxylic acids is 1. The molecule has 0 bridgehead atoms. The van der Waals surface area contributed by atoms with Crippen LogP contribution < -0.4 is 5.73 Å². The predicted molar refractivity (Wildman–Crippen MR) is 73.0 cm³/mol. The molecule has 0 saturated heterocycles. The van der Waals surface area contributed by atoms with E-state index in [1.54, 1.807) is 7.05 Å². The van der Waals surface area contributed by atoms with Gasteiger partial charge in [-0.3, -0.25) is 4.79 Å². The number of carbonyl (C=O) groups is 2. The second kappa shape index (κ2) is 6.74. The molecule has 0 aromatic heterocycles. The number of hydrogen-bond acceptors (Lipinski definition) is 3. The van der Waals surface area contributed by atoms with Gasteiger partial charge in [-0.15, -0.1) is 0 Å². The predicted octanol–water partition coefficient (Wildman–Crippen LogP) is 1.48. The maximum Gasteiger partial charge on any atom is 0.407 e. The smallest absolute Gasteiger partial charge is 0.407 e. The van der Waals surface area contributed by atoms with Crippen molar-refractivity contribution in [2.75, 3.05) is 32.9 Å². The van der Waals surface area contributed by atoms with Crippen molar-refractivity contribution in [3.8, 4) is 0 Å². The largest absolute Gasteiger partial charge is 0.465 e. The standard InChI is InChI=1S/C13H18FN3O3/c1-16(6-3-7-17(2)13(19)20)12(18)9-4-5-11(15)10(14)8-9/h4-5,8H,3,6-7,15H2,1-2H3,(H,19,20). The summed E-state index contributed by atoms with van der Waals surface area (Å²) < 4.78 is 13.3. The molecular formula is C13H18FN3O3. The maximum absolute atomic E-state index is 13.3. The fourth-order valence-electron chi connectivity index (χ4n) is 1.62. The number of carboxylic acid groups (broad SMARTS) is 1. The van der Waals surface area contributed by atoms with Crippen molar-refractivity contribution >= 4 is 17.7 Å². The Morgan fingerprint density at radius 3 is 2.40 bits per heavy atom. The zero-order chi connectivity index (χ0) is 15.3. The summed E-state index contributed by atoms with van der Waals surface area (Å²) in [5.41, 5.74) is 5.55. The van der Waals surface area contributed by atoms with Crippen LogP contribution in [0.25, 0.3) is 0 Å². The van der Waals surface area contributed by atoms with Gasteiger partial charge in [0.1, 0.15) is 5.82 Å². The molecule has 1 aromatic carbocycles. The molecule has 0 aliphatic heterocycles. The van der Waals surface area contributed by atoms with E-state index < -0.39 is 11.9 Å². The van der Waals surface area contributed by atoms with E-state index in [2.05, 4.69) is 0 Å². The normalized spacial score (nSPS) is 10.2. The lowest BCUT2D eigenvalue weighted by Crippen LogP contribution is -2.32.